The van der Waals surface area contributed by atoms with Crippen LogP contribution in [-0.4, -0.2) is 13.0 Å². The molecule has 0 aromatic heterocycles. The van der Waals surface area contributed by atoms with Crippen molar-refractivity contribution in [1.82, 2.24) is 0 Å². The summed E-state index contributed by atoms with van der Waals surface area (Å²) in [6.07, 6.45) is 0. The molecule has 0 heterocycles. The van der Waals surface area contributed by atoms with Crippen molar-refractivity contribution in [2.75, 3.05) is 18.2 Å². The van der Waals surface area contributed by atoms with Gasteiger partial charge in [-0.1, -0.05) is 15.9 Å². The highest BCUT2D eigenvalue weighted by Crippen LogP contribution is 2.23. The molecule has 2 aromatic rings. The molecule has 1 amide bonds. The molecule has 0 radical (unpaired) electrons. The van der Waals surface area contributed by atoms with Gasteiger partial charge in [-0.25, -0.2) is 0 Å². The van der Waals surface area contributed by atoms with E-state index in [-0.39, 0.29) is 5.91 Å². The lowest BCUT2D eigenvalue weighted by Gasteiger charge is -2.10. The fourth-order valence-electron chi connectivity index (χ4n) is 1.63. The first-order chi connectivity index (χ1) is 9.10. The highest BCUT2D eigenvalue weighted by Gasteiger charge is 2.12. The van der Waals surface area contributed by atoms with Gasteiger partial charge in [-0.3, -0.25) is 4.79 Å². The number of rotatable bonds is 3. The number of amides is 1. The maximum Gasteiger partial charge on any atom is 0.259 e. The monoisotopic (exact) mass is 320 g/mol. The predicted molar refractivity (Wildman–Crippen MR) is 79.5 cm³/mol. The van der Waals surface area contributed by atoms with Gasteiger partial charge in [-0.2, -0.15) is 0 Å². The van der Waals surface area contributed by atoms with Gasteiger partial charge in [-0.05, 0) is 36.4 Å². The Morgan fingerprint density at radius 1 is 1.21 bits per heavy atom. The first kappa shape index (κ1) is 13.4. The summed E-state index contributed by atoms with van der Waals surface area (Å²) in [7, 11) is 1.51. The zero-order valence-corrected chi connectivity index (χ0v) is 11.9. The number of carbonyl (C=O) groups is 1. The fourth-order valence-corrected chi connectivity index (χ4v) is 1.89. The number of nitrogen functional groups attached to an aromatic ring is 1. The Hall–Kier alpha value is -2.01. The summed E-state index contributed by atoms with van der Waals surface area (Å²) in [6, 6.07) is 12.3. The Kier molecular flexibility index (Phi) is 4.06. The van der Waals surface area contributed by atoms with Gasteiger partial charge in [0.2, 0.25) is 0 Å². The zero-order valence-electron chi connectivity index (χ0n) is 10.3. The number of halogens is 1. The number of carbonyl (C=O) groups excluding carboxylic acids is 1. The summed E-state index contributed by atoms with van der Waals surface area (Å²) in [5.41, 5.74) is 7.37. The molecule has 0 spiro atoms. The van der Waals surface area contributed by atoms with Crippen molar-refractivity contribution in [3.05, 3.63) is 52.5 Å². The van der Waals surface area contributed by atoms with Crippen LogP contribution in [0.25, 0.3) is 0 Å². The summed E-state index contributed by atoms with van der Waals surface area (Å²) in [4.78, 5) is 12.1. The van der Waals surface area contributed by atoms with Gasteiger partial charge in [-0.15, -0.1) is 0 Å². The van der Waals surface area contributed by atoms with Gasteiger partial charge in [0.05, 0.1) is 12.7 Å². The molecule has 0 saturated carbocycles. The van der Waals surface area contributed by atoms with Crippen LogP contribution in [0.4, 0.5) is 11.4 Å². The minimum absolute atomic E-state index is 0.237. The summed E-state index contributed by atoms with van der Waals surface area (Å²) in [5, 5.41) is 2.80. The molecule has 0 saturated heterocycles. The Balaban J connectivity index is 2.22. The Bertz CT molecular complexity index is 597. The molecule has 0 unspecified atom stereocenters. The lowest BCUT2D eigenvalue weighted by Crippen LogP contribution is -2.13. The molecule has 0 aliphatic rings. The fraction of sp³-hybridized carbons (Fsp3) is 0.0714. The predicted octanol–water partition coefficient (Wildman–Crippen LogP) is 3.29. The van der Waals surface area contributed by atoms with Crippen molar-refractivity contribution in [2.45, 2.75) is 0 Å². The molecular formula is C14H13BrN2O2. The van der Waals surface area contributed by atoms with E-state index >= 15 is 0 Å². The van der Waals surface area contributed by atoms with Crippen LogP contribution in [0.15, 0.2) is 46.9 Å². The van der Waals surface area contributed by atoms with Gasteiger partial charge in [0.15, 0.2) is 0 Å². The second kappa shape index (κ2) is 5.75. The highest BCUT2D eigenvalue weighted by molar-refractivity contribution is 9.10. The van der Waals surface area contributed by atoms with Crippen molar-refractivity contribution in [3.63, 3.8) is 0 Å². The van der Waals surface area contributed by atoms with E-state index in [1.54, 1.807) is 18.2 Å². The van der Waals surface area contributed by atoms with Crippen LogP contribution >= 0.6 is 15.9 Å². The maximum atomic E-state index is 12.1. The van der Waals surface area contributed by atoms with E-state index in [9.17, 15) is 4.79 Å². The van der Waals surface area contributed by atoms with Crippen molar-refractivity contribution in [3.8, 4) is 5.75 Å². The van der Waals surface area contributed by atoms with E-state index in [0.29, 0.717) is 22.7 Å². The number of ether oxygens (including phenoxy) is 1. The third-order valence-corrected chi connectivity index (χ3v) is 3.10. The van der Waals surface area contributed by atoms with Crippen molar-refractivity contribution in [1.29, 1.82) is 0 Å². The standard InChI is InChI=1S/C14H13BrN2O2/c1-19-13-8-10(16)4-7-12(13)14(18)17-11-5-2-9(15)3-6-11/h2-8H,16H2,1H3,(H,17,18). The molecule has 2 rings (SSSR count). The van der Waals surface area contributed by atoms with Crippen LogP contribution in [-0.2, 0) is 0 Å². The second-order valence-corrected chi connectivity index (χ2v) is 4.84. The largest absolute Gasteiger partial charge is 0.496 e. The molecule has 0 aliphatic carbocycles. The zero-order chi connectivity index (χ0) is 13.8. The van der Waals surface area contributed by atoms with Gasteiger partial charge in [0.1, 0.15) is 5.75 Å². The van der Waals surface area contributed by atoms with E-state index < -0.39 is 0 Å². The Labute approximate surface area is 119 Å². The normalized spacial score (nSPS) is 10.0. The van der Waals surface area contributed by atoms with Gasteiger partial charge in [0.25, 0.3) is 5.91 Å². The number of methoxy groups -OCH3 is 1. The molecule has 5 heteroatoms. The number of nitrogens with one attached hydrogen (secondary N) is 1. The molecular weight excluding hydrogens is 308 g/mol. The van der Waals surface area contributed by atoms with E-state index in [2.05, 4.69) is 21.2 Å². The average Bonchev–Trinajstić information content (AvgIpc) is 2.41. The molecule has 19 heavy (non-hydrogen) atoms. The third kappa shape index (κ3) is 3.26. The van der Waals surface area contributed by atoms with Crippen LogP contribution in [0, 0.1) is 0 Å². The van der Waals surface area contributed by atoms with Crippen LogP contribution in [0.3, 0.4) is 0 Å². The summed E-state index contributed by atoms with van der Waals surface area (Å²) < 4.78 is 6.11. The molecule has 0 bridgehead atoms. The van der Waals surface area contributed by atoms with Crippen LogP contribution in [0.5, 0.6) is 5.75 Å². The quantitative estimate of drug-likeness (QED) is 0.853. The molecule has 4 nitrogen and oxygen atoms in total. The van der Waals surface area contributed by atoms with Crippen LogP contribution in [0.2, 0.25) is 0 Å². The van der Waals surface area contributed by atoms with E-state index in [0.717, 1.165) is 4.47 Å². The van der Waals surface area contributed by atoms with E-state index in [1.165, 1.54) is 7.11 Å². The Morgan fingerprint density at radius 3 is 2.53 bits per heavy atom. The minimum Gasteiger partial charge on any atom is -0.496 e. The van der Waals surface area contributed by atoms with Crippen molar-refractivity contribution in [2.24, 2.45) is 0 Å². The third-order valence-electron chi connectivity index (χ3n) is 2.57. The number of benzene rings is 2. The second-order valence-electron chi connectivity index (χ2n) is 3.92. The topological polar surface area (TPSA) is 64.3 Å². The molecule has 3 N–H and O–H groups in total. The van der Waals surface area contributed by atoms with Gasteiger partial charge in [0, 0.05) is 21.9 Å². The molecule has 2 aromatic carbocycles. The lowest BCUT2D eigenvalue weighted by molar-refractivity contribution is 0.102. The summed E-state index contributed by atoms with van der Waals surface area (Å²) >= 11 is 3.34. The Morgan fingerprint density at radius 2 is 1.89 bits per heavy atom. The van der Waals surface area contributed by atoms with Gasteiger partial charge < -0.3 is 15.8 Å². The highest BCUT2D eigenvalue weighted by atomic mass is 79.9. The molecule has 0 atom stereocenters. The van der Waals surface area contributed by atoms with Crippen molar-refractivity contribution >= 4 is 33.2 Å². The summed E-state index contributed by atoms with van der Waals surface area (Å²) in [6.45, 7) is 0. The smallest absolute Gasteiger partial charge is 0.259 e. The van der Waals surface area contributed by atoms with E-state index in [1.807, 2.05) is 24.3 Å². The maximum absolute atomic E-state index is 12.1. The summed E-state index contributed by atoms with van der Waals surface area (Å²) in [5.74, 6) is 0.216. The first-order valence-corrected chi connectivity index (χ1v) is 6.40. The molecule has 0 fully saturated rings. The first-order valence-electron chi connectivity index (χ1n) is 5.60. The van der Waals surface area contributed by atoms with Crippen LogP contribution in [0.1, 0.15) is 10.4 Å². The SMILES string of the molecule is COc1cc(N)ccc1C(=O)Nc1ccc(Br)cc1. The van der Waals surface area contributed by atoms with Crippen LogP contribution < -0.4 is 15.8 Å². The van der Waals surface area contributed by atoms with Gasteiger partial charge >= 0.3 is 0 Å². The average molecular weight is 321 g/mol. The number of hydrogen-bond acceptors (Lipinski definition) is 3. The minimum atomic E-state index is -0.237. The molecule has 0 aliphatic heterocycles. The molecule has 98 valence electrons. The number of hydrogen-bond donors (Lipinski definition) is 2. The van der Waals surface area contributed by atoms with Crippen molar-refractivity contribution < 1.29 is 9.53 Å². The number of nitrogens with two attached hydrogens (primary N) is 1. The van der Waals surface area contributed by atoms with E-state index in [4.69, 9.17) is 10.5 Å². The lowest BCUT2D eigenvalue weighted by atomic mass is 10.1. The number of anilines is 2.